The number of carboxylic acid groups (broad SMARTS) is 1. The Morgan fingerprint density at radius 1 is 1.29 bits per heavy atom. The quantitative estimate of drug-likeness (QED) is 0.845. The number of amides is 1. The highest BCUT2D eigenvalue weighted by Gasteiger charge is 2.51. The van der Waals surface area contributed by atoms with E-state index in [0.29, 0.717) is 12.3 Å². The Morgan fingerprint density at radius 3 is 2.52 bits per heavy atom. The van der Waals surface area contributed by atoms with Crippen molar-refractivity contribution in [1.29, 1.82) is 0 Å². The average molecular weight is 287 g/mol. The normalized spacial score (nSPS) is 25.2. The van der Waals surface area contributed by atoms with Crippen LogP contribution in [0.2, 0.25) is 0 Å². The van der Waals surface area contributed by atoms with Gasteiger partial charge in [0, 0.05) is 11.6 Å². The predicted octanol–water partition coefficient (Wildman–Crippen LogP) is 2.93. The molecule has 3 rings (SSSR count). The van der Waals surface area contributed by atoms with E-state index in [0.717, 1.165) is 23.6 Å². The maximum Gasteiger partial charge on any atom is 0.306 e. The van der Waals surface area contributed by atoms with Crippen LogP contribution in [-0.4, -0.2) is 17.0 Å². The number of carbonyl (C=O) groups excluding carboxylic acids is 1. The van der Waals surface area contributed by atoms with Crippen molar-refractivity contribution in [3.05, 3.63) is 29.8 Å². The first-order valence-corrected chi connectivity index (χ1v) is 7.67. The lowest BCUT2D eigenvalue weighted by atomic mass is 10.0. The molecule has 0 heterocycles. The van der Waals surface area contributed by atoms with Crippen molar-refractivity contribution < 1.29 is 14.7 Å². The number of benzene rings is 1. The Bertz CT molecular complexity index is 548. The van der Waals surface area contributed by atoms with Crippen LogP contribution in [0.3, 0.4) is 0 Å². The van der Waals surface area contributed by atoms with E-state index >= 15 is 0 Å². The van der Waals surface area contributed by atoms with Crippen molar-refractivity contribution in [2.24, 2.45) is 23.7 Å². The van der Waals surface area contributed by atoms with Crippen LogP contribution in [0.4, 0.5) is 5.69 Å². The van der Waals surface area contributed by atoms with Crippen LogP contribution < -0.4 is 5.32 Å². The summed E-state index contributed by atoms with van der Waals surface area (Å²) >= 11 is 0. The first-order valence-electron chi connectivity index (χ1n) is 7.67. The van der Waals surface area contributed by atoms with Crippen LogP contribution in [0.15, 0.2) is 24.3 Å². The third kappa shape index (κ3) is 3.43. The van der Waals surface area contributed by atoms with Gasteiger partial charge in [0.2, 0.25) is 5.91 Å². The summed E-state index contributed by atoms with van der Waals surface area (Å²) in [5, 5.41) is 11.9. The molecule has 2 aliphatic carbocycles. The summed E-state index contributed by atoms with van der Waals surface area (Å²) in [6.07, 6.45) is 4.15. The first kappa shape index (κ1) is 14.1. The van der Waals surface area contributed by atoms with E-state index in [2.05, 4.69) is 5.32 Å². The number of nitrogens with one attached hydrogen (secondary N) is 1. The number of rotatable bonds is 6. The second-order valence-electron chi connectivity index (χ2n) is 6.47. The van der Waals surface area contributed by atoms with E-state index in [9.17, 15) is 9.59 Å². The zero-order valence-corrected chi connectivity index (χ0v) is 12.2. The monoisotopic (exact) mass is 287 g/mol. The Kier molecular flexibility index (Phi) is 3.70. The Hall–Kier alpha value is -1.84. The van der Waals surface area contributed by atoms with Gasteiger partial charge in [-0.2, -0.15) is 0 Å². The molecule has 0 spiro atoms. The summed E-state index contributed by atoms with van der Waals surface area (Å²) < 4.78 is 0. The molecule has 0 aliphatic heterocycles. The van der Waals surface area contributed by atoms with Gasteiger partial charge in [-0.3, -0.25) is 9.59 Å². The van der Waals surface area contributed by atoms with E-state index < -0.39 is 11.9 Å². The third-order valence-electron chi connectivity index (χ3n) is 4.59. The van der Waals surface area contributed by atoms with Crippen molar-refractivity contribution in [2.45, 2.75) is 32.6 Å². The molecular formula is C17H21NO3. The lowest BCUT2D eigenvalue weighted by Crippen LogP contribution is -2.15. The zero-order valence-electron chi connectivity index (χ0n) is 12.2. The topological polar surface area (TPSA) is 66.4 Å². The number of aliphatic carboxylic acids is 1. The lowest BCUT2D eigenvalue weighted by molar-refractivity contribution is -0.141. The highest BCUT2D eigenvalue weighted by atomic mass is 16.4. The fourth-order valence-corrected chi connectivity index (χ4v) is 2.96. The highest BCUT2D eigenvalue weighted by molar-refractivity contribution is 5.94. The lowest BCUT2D eigenvalue weighted by Gasteiger charge is -2.08. The predicted molar refractivity (Wildman–Crippen MR) is 79.9 cm³/mol. The molecule has 0 radical (unpaired) electrons. The van der Waals surface area contributed by atoms with Crippen molar-refractivity contribution in [2.75, 3.05) is 5.32 Å². The molecule has 0 saturated heterocycles. The zero-order chi connectivity index (χ0) is 15.0. The van der Waals surface area contributed by atoms with E-state index in [-0.39, 0.29) is 11.8 Å². The fourth-order valence-electron chi connectivity index (χ4n) is 2.96. The SMILES string of the molecule is CC(Cc1ccc(NC(=O)C2CC2C2CC2)cc1)C(=O)O. The smallest absolute Gasteiger partial charge is 0.306 e. The van der Waals surface area contributed by atoms with Gasteiger partial charge < -0.3 is 10.4 Å². The first-order chi connectivity index (χ1) is 10.0. The fraction of sp³-hybridized carbons (Fsp3) is 0.529. The molecule has 2 N–H and O–H groups in total. The number of hydrogen-bond donors (Lipinski definition) is 2. The standard InChI is InChI=1S/C17H21NO3/c1-10(17(20)21)8-11-2-6-13(7-3-11)18-16(19)15-9-14(15)12-4-5-12/h2-3,6-7,10,12,14-15H,4-5,8-9H2,1H3,(H,18,19)(H,20,21). The Morgan fingerprint density at radius 2 is 1.95 bits per heavy atom. The molecule has 3 atom stereocenters. The van der Waals surface area contributed by atoms with Crippen molar-refractivity contribution in [3.63, 3.8) is 0 Å². The molecule has 3 unspecified atom stereocenters. The number of carbonyl (C=O) groups is 2. The maximum atomic E-state index is 12.1. The van der Waals surface area contributed by atoms with Gasteiger partial charge in [-0.05, 0) is 55.2 Å². The van der Waals surface area contributed by atoms with Gasteiger partial charge >= 0.3 is 5.97 Å². The van der Waals surface area contributed by atoms with Gasteiger partial charge in [0.25, 0.3) is 0 Å². The van der Waals surface area contributed by atoms with Gasteiger partial charge in [-0.25, -0.2) is 0 Å². The van der Waals surface area contributed by atoms with Crippen molar-refractivity contribution >= 4 is 17.6 Å². The molecule has 2 fully saturated rings. The summed E-state index contributed by atoms with van der Waals surface area (Å²) in [6.45, 7) is 1.70. The van der Waals surface area contributed by atoms with Crippen molar-refractivity contribution in [1.82, 2.24) is 0 Å². The minimum Gasteiger partial charge on any atom is -0.481 e. The minimum absolute atomic E-state index is 0.138. The second-order valence-corrected chi connectivity index (χ2v) is 6.47. The maximum absolute atomic E-state index is 12.1. The number of anilines is 1. The highest BCUT2D eigenvalue weighted by Crippen LogP contribution is 2.54. The van der Waals surface area contributed by atoms with Gasteiger partial charge in [-0.15, -0.1) is 0 Å². The van der Waals surface area contributed by atoms with E-state index in [1.54, 1.807) is 6.92 Å². The molecule has 112 valence electrons. The van der Waals surface area contributed by atoms with Crippen molar-refractivity contribution in [3.8, 4) is 0 Å². The molecule has 1 amide bonds. The van der Waals surface area contributed by atoms with Gasteiger partial charge in [0.05, 0.1) is 5.92 Å². The Balaban J connectivity index is 1.52. The molecule has 0 bridgehead atoms. The molecule has 4 nitrogen and oxygen atoms in total. The molecule has 21 heavy (non-hydrogen) atoms. The molecule has 1 aromatic rings. The van der Waals surface area contributed by atoms with E-state index in [1.807, 2.05) is 24.3 Å². The van der Waals surface area contributed by atoms with Gasteiger partial charge in [0.1, 0.15) is 0 Å². The van der Waals surface area contributed by atoms with E-state index in [1.165, 1.54) is 12.8 Å². The molecule has 1 aromatic carbocycles. The van der Waals surface area contributed by atoms with Crippen LogP contribution >= 0.6 is 0 Å². The number of hydrogen-bond acceptors (Lipinski definition) is 2. The summed E-state index contributed by atoms with van der Waals surface area (Å²) in [6, 6.07) is 7.49. The molecule has 2 saturated carbocycles. The third-order valence-corrected chi connectivity index (χ3v) is 4.59. The van der Waals surface area contributed by atoms with Crippen LogP contribution in [0.25, 0.3) is 0 Å². The Labute approximate surface area is 124 Å². The molecular weight excluding hydrogens is 266 g/mol. The van der Waals surface area contributed by atoms with Gasteiger partial charge in [0.15, 0.2) is 0 Å². The van der Waals surface area contributed by atoms with Gasteiger partial charge in [-0.1, -0.05) is 19.1 Å². The van der Waals surface area contributed by atoms with Crippen LogP contribution in [-0.2, 0) is 16.0 Å². The average Bonchev–Trinajstić information content (AvgIpc) is 3.31. The molecule has 2 aliphatic rings. The largest absolute Gasteiger partial charge is 0.481 e. The summed E-state index contributed by atoms with van der Waals surface area (Å²) in [5.74, 6) is 0.604. The van der Waals surface area contributed by atoms with Crippen LogP contribution in [0, 0.1) is 23.7 Å². The molecule has 4 heteroatoms. The summed E-state index contributed by atoms with van der Waals surface area (Å²) in [7, 11) is 0. The second kappa shape index (κ2) is 5.51. The van der Waals surface area contributed by atoms with Crippen LogP contribution in [0.1, 0.15) is 31.7 Å². The van der Waals surface area contributed by atoms with E-state index in [4.69, 9.17) is 5.11 Å². The number of carboxylic acids is 1. The summed E-state index contributed by atoms with van der Waals surface area (Å²) in [5.41, 5.74) is 1.78. The summed E-state index contributed by atoms with van der Waals surface area (Å²) in [4.78, 5) is 22.9. The minimum atomic E-state index is -0.785. The van der Waals surface area contributed by atoms with Crippen LogP contribution in [0.5, 0.6) is 0 Å². The molecule has 0 aromatic heterocycles.